The van der Waals surface area contributed by atoms with Crippen molar-refractivity contribution in [2.24, 2.45) is 5.41 Å². The van der Waals surface area contributed by atoms with Gasteiger partial charge in [-0.2, -0.15) is 0 Å². The van der Waals surface area contributed by atoms with Crippen molar-refractivity contribution in [1.29, 1.82) is 0 Å². The van der Waals surface area contributed by atoms with Gasteiger partial charge >= 0.3 is 0 Å². The molecular formula is C11H17NO. The smallest absolute Gasteiger partial charge is 0.245 e. The molecule has 2 rings (SSSR count). The van der Waals surface area contributed by atoms with Gasteiger partial charge in [-0.05, 0) is 37.2 Å². The lowest BCUT2D eigenvalue weighted by atomic mass is 9.64. The number of likely N-dealkylation sites (tertiary alicyclic amines) is 1. The second-order valence-corrected chi connectivity index (χ2v) is 4.42. The van der Waals surface area contributed by atoms with E-state index in [-0.39, 0.29) is 5.91 Å². The van der Waals surface area contributed by atoms with Gasteiger partial charge in [0.25, 0.3) is 0 Å². The molecule has 0 radical (unpaired) electrons. The number of hydrogen-bond donors (Lipinski definition) is 0. The number of piperidine rings is 1. The third-order valence-corrected chi connectivity index (χ3v) is 3.56. The second kappa shape index (κ2) is 3.17. The van der Waals surface area contributed by atoms with Crippen LogP contribution in [-0.4, -0.2) is 23.9 Å². The Morgan fingerprint density at radius 3 is 2.54 bits per heavy atom. The zero-order valence-corrected chi connectivity index (χ0v) is 8.09. The monoisotopic (exact) mass is 179 g/mol. The van der Waals surface area contributed by atoms with Crippen LogP contribution in [0, 0.1) is 5.41 Å². The van der Waals surface area contributed by atoms with E-state index in [9.17, 15) is 4.79 Å². The number of carbonyl (C=O) groups excluding carboxylic acids is 1. The quantitative estimate of drug-likeness (QED) is 0.563. The highest BCUT2D eigenvalue weighted by Gasteiger charge is 2.41. The molecule has 2 fully saturated rings. The van der Waals surface area contributed by atoms with Crippen LogP contribution in [0.5, 0.6) is 0 Å². The van der Waals surface area contributed by atoms with Crippen molar-refractivity contribution in [3.8, 4) is 0 Å². The predicted molar refractivity (Wildman–Crippen MR) is 52.3 cm³/mol. The van der Waals surface area contributed by atoms with E-state index in [1.54, 1.807) is 0 Å². The molecule has 0 bridgehead atoms. The number of amides is 1. The molecule has 1 spiro atoms. The number of nitrogens with zero attached hydrogens (tertiary/aromatic N) is 1. The van der Waals surface area contributed by atoms with Crippen molar-refractivity contribution < 1.29 is 4.79 Å². The molecule has 0 N–H and O–H groups in total. The molecule has 0 unspecified atom stereocenters. The standard InChI is InChI=1S/C11H17NO/c1-2-10(13)12-8-4-7-11(9-12)5-3-6-11/h2H,1,3-9H2. The Hall–Kier alpha value is -0.790. The largest absolute Gasteiger partial charge is 0.339 e. The molecule has 1 saturated carbocycles. The lowest BCUT2D eigenvalue weighted by Gasteiger charge is -2.48. The Morgan fingerprint density at radius 2 is 2.00 bits per heavy atom. The van der Waals surface area contributed by atoms with Crippen molar-refractivity contribution >= 4 is 5.91 Å². The van der Waals surface area contributed by atoms with Gasteiger partial charge in [0.05, 0.1) is 0 Å². The summed E-state index contributed by atoms with van der Waals surface area (Å²) in [6.07, 6.45) is 7.96. The minimum atomic E-state index is 0.117. The maximum absolute atomic E-state index is 11.4. The first-order valence-corrected chi connectivity index (χ1v) is 5.17. The number of rotatable bonds is 1. The van der Waals surface area contributed by atoms with Gasteiger partial charge in [-0.15, -0.1) is 0 Å². The lowest BCUT2D eigenvalue weighted by Crippen LogP contribution is -2.48. The van der Waals surface area contributed by atoms with Crippen LogP contribution in [0.1, 0.15) is 32.1 Å². The van der Waals surface area contributed by atoms with Crippen LogP contribution in [0.15, 0.2) is 12.7 Å². The molecule has 0 atom stereocenters. The van der Waals surface area contributed by atoms with Gasteiger partial charge in [0.2, 0.25) is 5.91 Å². The van der Waals surface area contributed by atoms with Gasteiger partial charge in [-0.25, -0.2) is 0 Å². The average Bonchev–Trinajstić information content (AvgIpc) is 2.14. The Morgan fingerprint density at radius 1 is 1.31 bits per heavy atom. The van der Waals surface area contributed by atoms with Crippen molar-refractivity contribution in [1.82, 2.24) is 4.90 Å². The molecule has 1 heterocycles. The molecule has 0 aromatic carbocycles. The predicted octanol–water partition coefficient (Wildman–Crippen LogP) is 1.97. The molecule has 1 saturated heterocycles. The Bertz CT molecular complexity index is 230. The van der Waals surface area contributed by atoms with Crippen molar-refractivity contribution in [3.63, 3.8) is 0 Å². The summed E-state index contributed by atoms with van der Waals surface area (Å²) in [6.45, 7) is 5.46. The first kappa shape index (κ1) is 8.79. The van der Waals surface area contributed by atoms with Crippen LogP contribution < -0.4 is 0 Å². The molecule has 13 heavy (non-hydrogen) atoms. The Labute approximate surface area is 79.6 Å². The summed E-state index contributed by atoms with van der Waals surface area (Å²) in [4.78, 5) is 13.4. The van der Waals surface area contributed by atoms with Crippen molar-refractivity contribution in [2.45, 2.75) is 32.1 Å². The van der Waals surface area contributed by atoms with Crippen LogP contribution >= 0.6 is 0 Å². The van der Waals surface area contributed by atoms with Crippen LogP contribution in [0.25, 0.3) is 0 Å². The van der Waals surface area contributed by atoms with Crippen LogP contribution in [0.4, 0.5) is 0 Å². The first-order chi connectivity index (χ1) is 6.26. The minimum Gasteiger partial charge on any atom is -0.339 e. The van der Waals surface area contributed by atoms with Gasteiger partial charge in [0, 0.05) is 13.1 Å². The van der Waals surface area contributed by atoms with Gasteiger partial charge in [-0.1, -0.05) is 13.0 Å². The SMILES string of the molecule is C=CC(=O)N1CCCC2(CCC2)C1. The lowest BCUT2D eigenvalue weighted by molar-refractivity contribution is -0.131. The molecule has 1 amide bonds. The number of hydrogen-bond acceptors (Lipinski definition) is 1. The summed E-state index contributed by atoms with van der Waals surface area (Å²) in [5.41, 5.74) is 0.511. The summed E-state index contributed by atoms with van der Waals surface area (Å²) < 4.78 is 0. The molecule has 2 nitrogen and oxygen atoms in total. The molecule has 1 aliphatic heterocycles. The second-order valence-electron chi connectivity index (χ2n) is 4.42. The summed E-state index contributed by atoms with van der Waals surface area (Å²) in [5, 5.41) is 0. The van der Waals surface area contributed by atoms with E-state index in [0.717, 1.165) is 13.1 Å². The van der Waals surface area contributed by atoms with Crippen LogP contribution in [-0.2, 0) is 4.79 Å². The van der Waals surface area contributed by atoms with Crippen molar-refractivity contribution in [2.75, 3.05) is 13.1 Å². The topological polar surface area (TPSA) is 20.3 Å². The van der Waals surface area contributed by atoms with Crippen molar-refractivity contribution in [3.05, 3.63) is 12.7 Å². The maximum Gasteiger partial charge on any atom is 0.245 e. The van der Waals surface area contributed by atoms with Gasteiger partial charge in [0.15, 0.2) is 0 Å². The normalized spacial score (nSPS) is 25.4. The van der Waals surface area contributed by atoms with E-state index in [2.05, 4.69) is 6.58 Å². The molecular weight excluding hydrogens is 162 g/mol. The molecule has 0 aromatic rings. The Balaban J connectivity index is 1.99. The molecule has 2 heteroatoms. The molecule has 0 aromatic heterocycles. The summed E-state index contributed by atoms with van der Waals surface area (Å²) in [7, 11) is 0. The highest BCUT2D eigenvalue weighted by atomic mass is 16.2. The highest BCUT2D eigenvalue weighted by molar-refractivity contribution is 5.87. The van der Waals surface area contributed by atoms with E-state index in [1.165, 1.54) is 38.2 Å². The zero-order valence-electron chi connectivity index (χ0n) is 8.09. The third-order valence-electron chi connectivity index (χ3n) is 3.56. The average molecular weight is 179 g/mol. The zero-order chi connectivity index (χ0) is 9.31. The van der Waals surface area contributed by atoms with E-state index in [4.69, 9.17) is 0 Å². The molecule has 72 valence electrons. The molecule has 2 aliphatic rings. The van der Waals surface area contributed by atoms with Gasteiger partial charge in [0.1, 0.15) is 0 Å². The summed E-state index contributed by atoms with van der Waals surface area (Å²) >= 11 is 0. The van der Waals surface area contributed by atoms with E-state index in [0.29, 0.717) is 5.41 Å². The summed E-state index contributed by atoms with van der Waals surface area (Å²) in [6, 6.07) is 0. The molecule has 1 aliphatic carbocycles. The van der Waals surface area contributed by atoms with Crippen LogP contribution in [0.3, 0.4) is 0 Å². The van der Waals surface area contributed by atoms with Gasteiger partial charge < -0.3 is 4.90 Å². The number of carbonyl (C=O) groups is 1. The van der Waals surface area contributed by atoms with E-state index < -0.39 is 0 Å². The fourth-order valence-electron chi connectivity index (χ4n) is 2.61. The van der Waals surface area contributed by atoms with Gasteiger partial charge in [-0.3, -0.25) is 4.79 Å². The van der Waals surface area contributed by atoms with E-state index >= 15 is 0 Å². The van der Waals surface area contributed by atoms with E-state index in [1.807, 2.05) is 4.90 Å². The third kappa shape index (κ3) is 1.50. The fourth-order valence-corrected chi connectivity index (χ4v) is 2.61. The fraction of sp³-hybridized carbons (Fsp3) is 0.727. The summed E-state index contributed by atoms with van der Waals surface area (Å²) in [5.74, 6) is 0.117. The minimum absolute atomic E-state index is 0.117. The Kier molecular flexibility index (Phi) is 2.14. The maximum atomic E-state index is 11.4. The van der Waals surface area contributed by atoms with Crippen LogP contribution in [0.2, 0.25) is 0 Å². The highest BCUT2D eigenvalue weighted by Crippen LogP contribution is 2.47. The first-order valence-electron chi connectivity index (χ1n) is 5.17.